The molecule has 3 heterocycles. The van der Waals surface area contributed by atoms with Gasteiger partial charge in [-0.05, 0) is 30.5 Å². The van der Waals surface area contributed by atoms with Crippen LogP contribution in [-0.2, 0) is 17.8 Å². The lowest BCUT2D eigenvalue weighted by atomic mass is 10.1. The van der Waals surface area contributed by atoms with Gasteiger partial charge in [-0.25, -0.2) is 0 Å². The zero-order valence-electron chi connectivity index (χ0n) is 11.1. The first-order chi connectivity index (χ1) is 8.74. The number of carbonyl (C=O) groups is 1. The molecule has 106 valence electrons. The molecule has 1 saturated heterocycles. The summed E-state index contributed by atoms with van der Waals surface area (Å²) in [5.74, 6) is 0.265. The van der Waals surface area contributed by atoms with Crippen molar-refractivity contribution >= 4 is 29.7 Å². The van der Waals surface area contributed by atoms with E-state index in [2.05, 4.69) is 21.7 Å². The van der Waals surface area contributed by atoms with Gasteiger partial charge >= 0.3 is 0 Å². The maximum absolute atomic E-state index is 12.3. The zero-order valence-corrected chi connectivity index (χ0v) is 12.7. The topological polar surface area (TPSA) is 35.6 Å². The monoisotopic (exact) mass is 301 g/mol. The van der Waals surface area contributed by atoms with Gasteiger partial charge in [-0.15, -0.1) is 23.7 Å². The smallest absolute Gasteiger partial charge is 0.237 e. The molecule has 0 unspecified atom stereocenters. The number of fused-ring (bicyclic) bond motifs is 1. The molecule has 0 aliphatic carbocycles. The van der Waals surface area contributed by atoms with Gasteiger partial charge in [0.25, 0.3) is 0 Å². The molecule has 0 atom stereocenters. The minimum absolute atomic E-state index is 0. The lowest BCUT2D eigenvalue weighted by Gasteiger charge is -2.36. The van der Waals surface area contributed by atoms with Crippen molar-refractivity contribution in [3.63, 3.8) is 0 Å². The van der Waals surface area contributed by atoms with Gasteiger partial charge in [-0.1, -0.05) is 0 Å². The summed E-state index contributed by atoms with van der Waals surface area (Å²) >= 11 is 1.81. The van der Waals surface area contributed by atoms with Gasteiger partial charge in [0.15, 0.2) is 0 Å². The van der Waals surface area contributed by atoms with Crippen molar-refractivity contribution in [1.82, 2.24) is 15.1 Å². The van der Waals surface area contributed by atoms with E-state index in [1.54, 1.807) is 0 Å². The second-order valence-electron chi connectivity index (χ2n) is 5.16. The Morgan fingerprint density at radius 2 is 2.37 bits per heavy atom. The minimum atomic E-state index is 0. The Labute approximate surface area is 124 Å². The molecule has 19 heavy (non-hydrogen) atoms. The molecular weight excluding hydrogens is 282 g/mol. The van der Waals surface area contributed by atoms with Crippen LogP contribution in [0.3, 0.4) is 0 Å². The highest BCUT2D eigenvalue weighted by atomic mass is 35.5. The van der Waals surface area contributed by atoms with Gasteiger partial charge in [0, 0.05) is 37.1 Å². The van der Waals surface area contributed by atoms with Gasteiger partial charge in [-0.2, -0.15) is 0 Å². The highest BCUT2D eigenvalue weighted by molar-refractivity contribution is 7.10. The van der Waals surface area contributed by atoms with Crippen molar-refractivity contribution in [3.05, 3.63) is 21.9 Å². The van der Waals surface area contributed by atoms with Crippen LogP contribution >= 0.6 is 23.7 Å². The van der Waals surface area contributed by atoms with Crippen LogP contribution in [-0.4, -0.2) is 55.0 Å². The van der Waals surface area contributed by atoms with E-state index in [9.17, 15) is 4.79 Å². The fourth-order valence-corrected chi connectivity index (χ4v) is 3.38. The average molecular weight is 302 g/mol. The molecule has 1 fully saturated rings. The van der Waals surface area contributed by atoms with Gasteiger partial charge < -0.3 is 10.2 Å². The highest BCUT2D eigenvalue weighted by Crippen LogP contribution is 2.24. The summed E-state index contributed by atoms with van der Waals surface area (Å²) in [5, 5.41) is 5.37. The summed E-state index contributed by atoms with van der Waals surface area (Å²) in [6, 6.07) is 2.69. The third-order valence-corrected chi connectivity index (χ3v) is 4.95. The fraction of sp³-hybridized carbons (Fsp3) is 0.615. The largest absolute Gasteiger partial charge is 0.337 e. The van der Waals surface area contributed by atoms with E-state index in [4.69, 9.17) is 0 Å². The van der Waals surface area contributed by atoms with E-state index in [-0.39, 0.29) is 18.3 Å². The van der Waals surface area contributed by atoms with Gasteiger partial charge in [0.1, 0.15) is 0 Å². The summed E-state index contributed by atoms with van der Waals surface area (Å²) in [5.41, 5.74) is 1.34. The zero-order chi connectivity index (χ0) is 12.5. The normalized spacial score (nSPS) is 18.7. The first-order valence-corrected chi connectivity index (χ1v) is 7.36. The van der Waals surface area contributed by atoms with E-state index in [0.717, 1.165) is 32.6 Å². The van der Waals surface area contributed by atoms with Gasteiger partial charge in [0.05, 0.1) is 6.54 Å². The van der Waals surface area contributed by atoms with Crippen molar-refractivity contribution < 1.29 is 4.79 Å². The maximum Gasteiger partial charge on any atom is 0.237 e. The Bertz CT molecular complexity index is 447. The van der Waals surface area contributed by atoms with Crippen LogP contribution in [0.15, 0.2) is 11.4 Å². The van der Waals surface area contributed by atoms with E-state index < -0.39 is 0 Å². The molecule has 0 saturated carbocycles. The number of thiophene rings is 1. The Kier molecular flexibility index (Phi) is 4.84. The number of nitrogens with one attached hydrogen (secondary N) is 1. The third kappa shape index (κ3) is 3.11. The Balaban J connectivity index is 0.00000133. The third-order valence-electron chi connectivity index (χ3n) is 3.93. The van der Waals surface area contributed by atoms with E-state index in [1.165, 1.54) is 10.4 Å². The number of amides is 1. The number of halogens is 1. The summed E-state index contributed by atoms with van der Waals surface area (Å²) < 4.78 is 0. The molecule has 2 aliphatic heterocycles. The molecule has 1 aromatic rings. The maximum atomic E-state index is 12.3. The first kappa shape index (κ1) is 14.8. The van der Waals surface area contributed by atoms with E-state index in [1.807, 2.05) is 23.3 Å². The molecule has 3 rings (SSSR count). The average Bonchev–Trinajstić information content (AvgIpc) is 2.72. The second kappa shape index (κ2) is 6.22. The number of hydrogen-bond donors (Lipinski definition) is 1. The van der Waals surface area contributed by atoms with Crippen LogP contribution in [0, 0.1) is 0 Å². The molecule has 0 spiro atoms. The highest BCUT2D eigenvalue weighted by Gasteiger charge is 2.26. The van der Waals surface area contributed by atoms with Crippen LogP contribution in [0.5, 0.6) is 0 Å². The Morgan fingerprint density at radius 1 is 1.58 bits per heavy atom. The van der Waals surface area contributed by atoms with Crippen LogP contribution in [0.2, 0.25) is 0 Å². The van der Waals surface area contributed by atoms with Crippen LogP contribution < -0.4 is 5.32 Å². The minimum Gasteiger partial charge on any atom is -0.337 e. The molecule has 4 nitrogen and oxygen atoms in total. The number of carbonyl (C=O) groups excluding carboxylic acids is 1. The quantitative estimate of drug-likeness (QED) is 0.903. The van der Waals surface area contributed by atoms with Crippen molar-refractivity contribution in [2.24, 2.45) is 0 Å². The lowest BCUT2D eigenvalue weighted by molar-refractivity contribution is -0.133. The summed E-state index contributed by atoms with van der Waals surface area (Å²) in [6.07, 6.45) is 1.02. The van der Waals surface area contributed by atoms with Crippen molar-refractivity contribution in [1.29, 1.82) is 0 Å². The summed E-state index contributed by atoms with van der Waals surface area (Å²) in [4.78, 5) is 17.9. The molecule has 1 N–H and O–H groups in total. The Hall–Kier alpha value is -0.620. The molecule has 1 aromatic heterocycles. The first-order valence-electron chi connectivity index (χ1n) is 6.48. The molecular formula is C13H20ClN3OS. The number of nitrogens with zero attached hydrogens (tertiary/aromatic N) is 2. The number of rotatable bonds is 3. The molecule has 0 aromatic carbocycles. The van der Waals surface area contributed by atoms with E-state index >= 15 is 0 Å². The summed E-state index contributed by atoms with van der Waals surface area (Å²) in [6.45, 7) is 4.25. The predicted molar refractivity (Wildman–Crippen MR) is 80.0 cm³/mol. The number of likely N-dealkylation sites (N-methyl/N-ethyl adjacent to an activating group) is 1. The molecule has 1 amide bonds. The second-order valence-corrected chi connectivity index (χ2v) is 6.16. The van der Waals surface area contributed by atoms with Crippen LogP contribution in [0.25, 0.3) is 0 Å². The lowest BCUT2D eigenvalue weighted by Crippen LogP contribution is -2.57. The van der Waals surface area contributed by atoms with Crippen molar-refractivity contribution in [2.45, 2.75) is 19.0 Å². The molecule has 2 aliphatic rings. The standard InChI is InChI=1S/C13H19N3OS.ClH/c1-15(11-6-14-7-11)9-13(17)16-4-2-12-10(8-16)3-5-18-12;/h3,5,11,14H,2,4,6-9H2,1H3;1H. The van der Waals surface area contributed by atoms with E-state index in [0.29, 0.717) is 12.6 Å². The Morgan fingerprint density at radius 3 is 3.05 bits per heavy atom. The van der Waals surface area contributed by atoms with Crippen molar-refractivity contribution in [2.75, 3.05) is 33.2 Å². The van der Waals surface area contributed by atoms with Crippen LogP contribution in [0.4, 0.5) is 0 Å². The van der Waals surface area contributed by atoms with Gasteiger partial charge in [0.2, 0.25) is 5.91 Å². The number of hydrogen-bond acceptors (Lipinski definition) is 4. The summed E-state index contributed by atoms with van der Waals surface area (Å²) in [7, 11) is 2.05. The molecule has 0 bridgehead atoms. The van der Waals surface area contributed by atoms with Crippen molar-refractivity contribution in [3.8, 4) is 0 Å². The van der Waals surface area contributed by atoms with Gasteiger partial charge in [-0.3, -0.25) is 9.69 Å². The fourth-order valence-electron chi connectivity index (χ4n) is 2.49. The SMILES string of the molecule is CN(CC(=O)N1CCc2sccc2C1)C1CNC1.Cl. The predicted octanol–water partition coefficient (Wildman–Crippen LogP) is 0.958. The molecule has 0 radical (unpaired) electrons. The molecule has 6 heteroatoms. The van der Waals surface area contributed by atoms with Crippen LogP contribution in [0.1, 0.15) is 10.4 Å².